The van der Waals surface area contributed by atoms with Crippen LogP contribution in [0.25, 0.3) is 0 Å². The van der Waals surface area contributed by atoms with Crippen molar-refractivity contribution in [1.82, 2.24) is 0 Å². The molecule has 0 atom stereocenters. The Hall–Kier alpha value is -2.31. The summed E-state index contributed by atoms with van der Waals surface area (Å²) >= 11 is 0. The Morgan fingerprint density at radius 3 is 0.431 bits per heavy atom. The second-order valence-electron chi connectivity index (χ2n) is 9.49. The van der Waals surface area contributed by atoms with Gasteiger partial charge in [0, 0.05) is 6.42 Å². The molecule has 0 heterocycles. The highest BCUT2D eigenvalue weighted by molar-refractivity contribution is 5.22. The minimum atomic E-state index is -10.2. The maximum Gasteiger partial charge on any atom is 0.460 e. The van der Waals surface area contributed by atoms with Gasteiger partial charge in [0.25, 0.3) is 0 Å². The molecular formula is C18H4F33. The van der Waals surface area contributed by atoms with Crippen LogP contribution in [-0.2, 0) is 0 Å². The molecule has 0 spiro atoms. The minimum Gasteiger partial charge on any atom is -0.200 e. The molecule has 0 saturated heterocycles. The van der Waals surface area contributed by atoms with Gasteiger partial charge in [-0.3, -0.25) is 0 Å². The maximum atomic E-state index is 13.8. The topological polar surface area (TPSA) is 0 Å². The summed E-state index contributed by atoms with van der Waals surface area (Å²) < 4.78 is 441. The van der Waals surface area contributed by atoms with Gasteiger partial charge in [-0.05, 0) is 6.92 Å². The highest BCUT2D eigenvalue weighted by Gasteiger charge is 3.01. The first kappa shape index (κ1) is 48.7. The number of rotatable bonds is 15. The van der Waals surface area contributed by atoms with Crippen molar-refractivity contribution in [2.24, 2.45) is 0 Å². The Kier molecular flexibility index (Phi) is 11.1. The molecule has 0 fully saturated rings. The van der Waals surface area contributed by atoms with Crippen molar-refractivity contribution in [3.63, 3.8) is 0 Å². The average Bonchev–Trinajstić information content (AvgIpc) is 2.90. The van der Waals surface area contributed by atoms with E-state index in [1.54, 1.807) is 6.92 Å². The highest BCUT2D eigenvalue weighted by Crippen LogP contribution is 2.70. The largest absolute Gasteiger partial charge is 0.460 e. The van der Waals surface area contributed by atoms with Crippen LogP contribution in [0.5, 0.6) is 0 Å². The van der Waals surface area contributed by atoms with Crippen LogP contribution in [-0.4, -0.2) is 95.0 Å². The summed E-state index contributed by atoms with van der Waals surface area (Å²) in [6.45, 7) is 1.63. The van der Waals surface area contributed by atoms with Gasteiger partial charge < -0.3 is 0 Å². The second kappa shape index (κ2) is 11.6. The lowest BCUT2D eigenvalue weighted by Crippen LogP contribution is -2.79. The van der Waals surface area contributed by atoms with Crippen LogP contribution in [0.15, 0.2) is 0 Å². The van der Waals surface area contributed by atoms with Crippen LogP contribution in [0, 0.1) is 6.92 Å². The molecule has 0 amide bonds. The van der Waals surface area contributed by atoms with Crippen molar-refractivity contribution < 1.29 is 145 Å². The first-order chi connectivity index (χ1) is 21.3. The summed E-state index contributed by atoms with van der Waals surface area (Å²) in [6, 6.07) is 0. The predicted octanol–water partition coefficient (Wildman–Crippen LogP) is 11.3. The van der Waals surface area contributed by atoms with Gasteiger partial charge in [0.1, 0.15) is 0 Å². The first-order valence-electron chi connectivity index (χ1n) is 10.8. The number of halogens is 33. The fraction of sp³-hybridized carbons (Fsp3) is 0.944. The third-order valence-corrected chi connectivity index (χ3v) is 6.26. The van der Waals surface area contributed by atoms with E-state index in [1.165, 1.54) is 0 Å². The summed E-state index contributed by atoms with van der Waals surface area (Å²) in [5, 5.41) is 0. The molecule has 0 aliphatic carbocycles. The molecule has 33 heteroatoms. The van der Waals surface area contributed by atoms with Crippen LogP contribution in [0.1, 0.15) is 6.42 Å². The molecule has 0 aromatic rings. The fourth-order valence-corrected chi connectivity index (χ4v) is 2.93. The molecule has 307 valence electrons. The van der Waals surface area contributed by atoms with Gasteiger partial charge in [0.15, 0.2) is 0 Å². The lowest BCUT2D eigenvalue weighted by Gasteiger charge is -2.46. The molecule has 1 radical (unpaired) electrons. The van der Waals surface area contributed by atoms with E-state index in [-0.39, 0.29) is 0 Å². The third-order valence-electron chi connectivity index (χ3n) is 6.26. The Bertz CT molecular complexity index is 1260. The van der Waals surface area contributed by atoms with Crippen molar-refractivity contribution in [3.8, 4) is 0 Å². The molecule has 0 nitrogen and oxygen atoms in total. The summed E-state index contributed by atoms with van der Waals surface area (Å²) in [5.74, 6) is -142. The Balaban J connectivity index is 7.72. The first-order valence-corrected chi connectivity index (χ1v) is 10.8. The minimum absolute atomic E-state index is 1.63. The number of alkyl halides is 33. The summed E-state index contributed by atoms with van der Waals surface area (Å²) in [7, 11) is 0. The molecule has 0 bridgehead atoms. The predicted molar refractivity (Wildman–Crippen MR) is 90.2 cm³/mol. The van der Waals surface area contributed by atoms with E-state index in [0.717, 1.165) is 0 Å². The van der Waals surface area contributed by atoms with E-state index >= 15 is 0 Å². The molecule has 0 aromatic carbocycles. The molecule has 0 rings (SSSR count). The zero-order chi connectivity index (χ0) is 42.7. The van der Waals surface area contributed by atoms with Crippen molar-refractivity contribution in [2.75, 3.05) is 0 Å². The van der Waals surface area contributed by atoms with Gasteiger partial charge in [-0.1, -0.05) is 0 Å². The SMILES string of the molecule is [CH2]CC(F)(F)C(F)(F)C(F)(F)C(F)(F)C(F)(F)C(F)(F)C(F)(F)C(F)(F)C(F)(F)C(F)(F)C(F)(F)C(F)(F)C(F)(F)C(F)(F)C(F)(F)C(F)(F)F. The zero-order valence-electron chi connectivity index (χ0n) is 21.9. The van der Waals surface area contributed by atoms with Crippen molar-refractivity contribution in [2.45, 2.75) is 101 Å². The average molecular weight is 847 g/mol. The van der Waals surface area contributed by atoms with Crippen LogP contribution in [0.2, 0.25) is 0 Å². The second-order valence-corrected chi connectivity index (χ2v) is 9.49. The molecule has 0 aliphatic rings. The fourth-order valence-electron chi connectivity index (χ4n) is 2.93. The summed E-state index contributed by atoms with van der Waals surface area (Å²) in [6.07, 6.45) is -11.6. The van der Waals surface area contributed by atoms with Gasteiger partial charge in [-0.25, -0.2) is 0 Å². The van der Waals surface area contributed by atoms with Gasteiger partial charge in [0.05, 0.1) is 0 Å². The van der Waals surface area contributed by atoms with E-state index in [2.05, 4.69) is 0 Å². The maximum absolute atomic E-state index is 13.8. The molecule has 0 aliphatic heterocycles. The molecule has 0 unspecified atom stereocenters. The van der Waals surface area contributed by atoms with Crippen LogP contribution >= 0.6 is 0 Å². The monoisotopic (exact) mass is 847 g/mol. The summed E-state index contributed by atoms with van der Waals surface area (Å²) in [5.41, 5.74) is 0. The van der Waals surface area contributed by atoms with Crippen LogP contribution < -0.4 is 0 Å². The Morgan fingerprint density at radius 2 is 0.314 bits per heavy atom. The third kappa shape index (κ3) is 5.41. The molecule has 51 heavy (non-hydrogen) atoms. The van der Waals surface area contributed by atoms with E-state index < -0.39 is 101 Å². The van der Waals surface area contributed by atoms with E-state index in [9.17, 15) is 145 Å². The highest BCUT2D eigenvalue weighted by atomic mass is 19.4. The van der Waals surface area contributed by atoms with Gasteiger partial charge in [0.2, 0.25) is 0 Å². The van der Waals surface area contributed by atoms with Crippen LogP contribution in [0.4, 0.5) is 145 Å². The summed E-state index contributed by atoms with van der Waals surface area (Å²) in [4.78, 5) is 0. The number of hydrogen-bond acceptors (Lipinski definition) is 0. The van der Waals surface area contributed by atoms with E-state index in [4.69, 9.17) is 0 Å². The quantitative estimate of drug-likeness (QED) is 0.144. The molecule has 0 saturated carbocycles. The molecule has 0 N–H and O–H groups in total. The van der Waals surface area contributed by atoms with Gasteiger partial charge >= 0.3 is 95.0 Å². The van der Waals surface area contributed by atoms with E-state index in [0.29, 0.717) is 0 Å². The molecule has 0 aromatic heterocycles. The van der Waals surface area contributed by atoms with Gasteiger partial charge in [-0.15, -0.1) is 0 Å². The Morgan fingerprint density at radius 1 is 0.196 bits per heavy atom. The van der Waals surface area contributed by atoms with Gasteiger partial charge in [-0.2, -0.15) is 145 Å². The lowest BCUT2D eigenvalue weighted by atomic mass is 9.82. The number of hydrogen-bond donors (Lipinski definition) is 0. The van der Waals surface area contributed by atoms with Crippen molar-refractivity contribution in [3.05, 3.63) is 6.92 Å². The van der Waals surface area contributed by atoms with Crippen molar-refractivity contribution >= 4 is 0 Å². The van der Waals surface area contributed by atoms with Crippen LogP contribution in [0.3, 0.4) is 0 Å². The standard InChI is InChI=1S/C18H4F33/c1-2-3(19,20)4(21,22)5(23,24)6(25,26)7(27,28)8(29,30)9(31,32)10(33,34)11(35,36)12(37,38)13(39,40)14(41,42)15(43,44)16(45,46)17(47,48)18(49,50)51/h1-2H2. The normalized spacial score (nSPS) is 17.3. The Labute approximate surface area is 254 Å². The zero-order valence-corrected chi connectivity index (χ0v) is 21.9. The smallest absolute Gasteiger partial charge is 0.200 e. The lowest BCUT2D eigenvalue weighted by molar-refractivity contribution is -0.491. The van der Waals surface area contributed by atoms with E-state index in [1.807, 2.05) is 0 Å². The molecular weight excluding hydrogens is 843 g/mol. The van der Waals surface area contributed by atoms with Crippen molar-refractivity contribution in [1.29, 1.82) is 0 Å².